The SMILES string of the molecule is CC(=O)N(CCC(C)C)CC(=O)NCC(C)C. The van der Waals surface area contributed by atoms with Gasteiger partial charge in [0.05, 0.1) is 6.54 Å². The molecular formula is C13H26N2O2. The molecule has 0 aromatic carbocycles. The van der Waals surface area contributed by atoms with Crippen LogP contribution < -0.4 is 5.32 Å². The van der Waals surface area contributed by atoms with E-state index in [0.29, 0.717) is 24.9 Å². The second kappa shape index (κ2) is 8.09. The predicted octanol–water partition coefficient (Wildman–Crippen LogP) is 1.65. The molecule has 4 nitrogen and oxygen atoms in total. The van der Waals surface area contributed by atoms with E-state index in [2.05, 4.69) is 19.2 Å². The third-order valence-electron chi connectivity index (χ3n) is 2.46. The van der Waals surface area contributed by atoms with E-state index in [-0.39, 0.29) is 18.4 Å². The van der Waals surface area contributed by atoms with Gasteiger partial charge in [-0.2, -0.15) is 0 Å². The average molecular weight is 242 g/mol. The molecule has 0 aromatic rings. The summed E-state index contributed by atoms with van der Waals surface area (Å²) in [5.41, 5.74) is 0. The summed E-state index contributed by atoms with van der Waals surface area (Å²) in [5.74, 6) is 0.860. The summed E-state index contributed by atoms with van der Waals surface area (Å²) in [4.78, 5) is 24.6. The summed E-state index contributed by atoms with van der Waals surface area (Å²) in [7, 11) is 0. The first-order valence-electron chi connectivity index (χ1n) is 6.35. The minimum absolute atomic E-state index is 0.0367. The second-order valence-corrected chi connectivity index (χ2v) is 5.32. The summed E-state index contributed by atoms with van der Waals surface area (Å²) in [5, 5.41) is 2.82. The van der Waals surface area contributed by atoms with Crippen molar-refractivity contribution in [2.45, 2.75) is 41.0 Å². The predicted molar refractivity (Wildman–Crippen MR) is 69.6 cm³/mol. The van der Waals surface area contributed by atoms with Crippen LogP contribution in [0.1, 0.15) is 41.0 Å². The number of carbonyl (C=O) groups excluding carboxylic acids is 2. The van der Waals surface area contributed by atoms with Crippen LogP contribution in [0.2, 0.25) is 0 Å². The molecular weight excluding hydrogens is 216 g/mol. The Kier molecular flexibility index (Phi) is 7.59. The maximum atomic E-state index is 11.6. The number of nitrogens with zero attached hydrogens (tertiary/aromatic N) is 1. The molecule has 100 valence electrons. The highest BCUT2D eigenvalue weighted by molar-refractivity contribution is 5.83. The van der Waals surface area contributed by atoms with E-state index < -0.39 is 0 Å². The van der Waals surface area contributed by atoms with Gasteiger partial charge in [-0.15, -0.1) is 0 Å². The Morgan fingerprint density at radius 3 is 2.12 bits per heavy atom. The summed E-state index contributed by atoms with van der Waals surface area (Å²) in [6.45, 7) is 11.3. The van der Waals surface area contributed by atoms with E-state index >= 15 is 0 Å². The molecule has 1 N–H and O–H groups in total. The van der Waals surface area contributed by atoms with Gasteiger partial charge in [0, 0.05) is 20.0 Å². The molecule has 0 saturated carbocycles. The highest BCUT2D eigenvalue weighted by Gasteiger charge is 2.13. The third-order valence-corrected chi connectivity index (χ3v) is 2.46. The van der Waals surface area contributed by atoms with Crippen LogP contribution in [0, 0.1) is 11.8 Å². The van der Waals surface area contributed by atoms with Crippen LogP contribution in [0.25, 0.3) is 0 Å². The highest BCUT2D eigenvalue weighted by atomic mass is 16.2. The molecule has 0 heterocycles. The molecule has 0 saturated heterocycles. The lowest BCUT2D eigenvalue weighted by Gasteiger charge is -2.21. The molecule has 2 amide bonds. The highest BCUT2D eigenvalue weighted by Crippen LogP contribution is 2.02. The molecule has 0 atom stereocenters. The number of hydrogen-bond donors (Lipinski definition) is 1. The number of rotatable bonds is 7. The maximum absolute atomic E-state index is 11.6. The van der Waals surface area contributed by atoms with E-state index in [1.807, 2.05) is 13.8 Å². The largest absolute Gasteiger partial charge is 0.354 e. The summed E-state index contributed by atoms with van der Waals surface area (Å²) in [6, 6.07) is 0. The topological polar surface area (TPSA) is 49.4 Å². The van der Waals surface area contributed by atoms with Crippen molar-refractivity contribution in [1.29, 1.82) is 0 Å². The molecule has 0 aliphatic heterocycles. The zero-order valence-corrected chi connectivity index (χ0v) is 11.7. The summed E-state index contributed by atoms with van der Waals surface area (Å²) >= 11 is 0. The van der Waals surface area contributed by atoms with Crippen molar-refractivity contribution in [3.63, 3.8) is 0 Å². The first-order chi connectivity index (χ1) is 7.82. The lowest BCUT2D eigenvalue weighted by molar-refractivity contribution is -0.134. The van der Waals surface area contributed by atoms with E-state index in [1.165, 1.54) is 6.92 Å². The molecule has 0 aromatic heterocycles. The van der Waals surface area contributed by atoms with Crippen LogP contribution in [-0.2, 0) is 9.59 Å². The van der Waals surface area contributed by atoms with Crippen molar-refractivity contribution in [2.24, 2.45) is 11.8 Å². The molecule has 0 aliphatic rings. The first-order valence-corrected chi connectivity index (χ1v) is 6.35. The van der Waals surface area contributed by atoms with E-state index in [0.717, 1.165) is 6.42 Å². The molecule has 0 spiro atoms. The quantitative estimate of drug-likeness (QED) is 0.738. The fraction of sp³-hybridized carbons (Fsp3) is 0.846. The van der Waals surface area contributed by atoms with Gasteiger partial charge >= 0.3 is 0 Å². The van der Waals surface area contributed by atoms with E-state index in [4.69, 9.17) is 0 Å². The molecule has 0 bridgehead atoms. The van der Waals surface area contributed by atoms with Gasteiger partial charge in [0.2, 0.25) is 11.8 Å². The molecule has 0 unspecified atom stereocenters. The van der Waals surface area contributed by atoms with Crippen molar-refractivity contribution in [1.82, 2.24) is 10.2 Å². The van der Waals surface area contributed by atoms with Crippen LogP contribution in [0.3, 0.4) is 0 Å². The lowest BCUT2D eigenvalue weighted by atomic mass is 10.1. The Hall–Kier alpha value is -1.06. The first kappa shape index (κ1) is 15.9. The molecule has 0 fully saturated rings. The van der Waals surface area contributed by atoms with Gasteiger partial charge in [-0.3, -0.25) is 9.59 Å². The van der Waals surface area contributed by atoms with Crippen molar-refractivity contribution in [3.05, 3.63) is 0 Å². The van der Waals surface area contributed by atoms with E-state index in [1.54, 1.807) is 4.90 Å². The zero-order valence-electron chi connectivity index (χ0n) is 11.7. The van der Waals surface area contributed by atoms with Crippen LogP contribution in [0.15, 0.2) is 0 Å². The number of hydrogen-bond acceptors (Lipinski definition) is 2. The third kappa shape index (κ3) is 8.72. The van der Waals surface area contributed by atoms with E-state index in [9.17, 15) is 9.59 Å². The minimum atomic E-state index is -0.0716. The van der Waals surface area contributed by atoms with Crippen LogP contribution >= 0.6 is 0 Å². The zero-order chi connectivity index (χ0) is 13.4. The molecule has 0 aliphatic carbocycles. The van der Waals surface area contributed by atoms with Gasteiger partial charge in [0.15, 0.2) is 0 Å². The standard InChI is InChI=1S/C13H26N2O2/c1-10(2)6-7-15(12(5)16)9-13(17)14-8-11(3)4/h10-11H,6-9H2,1-5H3,(H,14,17). The number of carbonyl (C=O) groups is 2. The minimum Gasteiger partial charge on any atom is -0.354 e. The normalized spacial score (nSPS) is 10.8. The van der Waals surface area contributed by atoms with Gasteiger partial charge < -0.3 is 10.2 Å². The van der Waals surface area contributed by atoms with Crippen LogP contribution in [0.5, 0.6) is 0 Å². The van der Waals surface area contributed by atoms with Gasteiger partial charge in [-0.25, -0.2) is 0 Å². The average Bonchev–Trinajstić information content (AvgIpc) is 2.20. The Balaban J connectivity index is 4.07. The monoisotopic (exact) mass is 242 g/mol. The van der Waals surface area contributed by atoms with Gasteiger partial charge in [-0.05, 0) is 18.3 Å². The van der Waals surface area contributed by atoms with Gasteiger partial charge in [0.25, 0.3) is 0 Å². The maximum Gasteiger partial charge on any atom is 0.239 e. The van der Waals surface area contributed by atoms with Crippen molar-refractivity contribution >= 4 is 11.8 Å². The smallest absolute Gasteiger partial charge is 0.239 e. The fourth-order valence-electron chi connectivity index (χ4n) is 1.31. The molecule has 0 rings (SSSR count). The molecule has 4 heteroatoms. The Morgan fingerprint density at radius 2 is 1.71 bits per heavy atom. The Labute approximate surface area is 105 Å². The lowest BCUT2D eigenvalue weighted by Crippen LogP contribution is -2.41. The Morgan fingerprint density at radius 1 is 1.12 bits per heavy atom. The Bertz CT molecular complexity index is 250. The van der Waals surface area contributed by atoms with Crippen LogP contribution in [0.4, 0.5) is 0 Å². The molecule has 0 radical (unpaired) electrons. The number of nitrogens with one attached hydrogen (secondary N) is 1. The fourth-order valence-corrected chi connectivity index (χ4v) is 1.31. The second-order valence-electron chi connectivity index (χ2n) is 5.32. The van der Waals surface area contributed by atoms with Crippen molar-refractivity contribution < 1.29 is 9.59 Å². The summed E-state index contributed by atoms with van der Waals surface area (Å²) < 4.78 is 0. The summed E-state index contributed by atoms with van der Waals surface area (Å²) in [6.07, 6.45) is 0.928. The van der Waals surface area contributed by atoms with Gasteiger partial charge in [-0.1, -0.05) is 27.7 Å². The van der Waals surface area contributed by atoms with Crippen molar-refractivity contribution in [2.75, 3.05) is 19.6 Å². The molecule has 17 heavy (non-hydrogen) atoms. The van der Waals surface area contributed by atoms with Crippen molar-refractivity contribution in [3.8, 4) is 0 Å². The number of amides is 2. The van der Waals surface area contributed by atoms with Gasteiger partial charge in [0.1, 0.15) is 0 Å². The van der Waals surface area contributed by atoms with Crippen LogP contribution in [-0.4, -0.2) is 36.3 Å².